The van der Waals surface area contributed by atoms with Crippen molar-refractivity contribution < 1.29 is 9.84 Å². The molecule has 84 valence electrons. The van der Waals surface area contributed by atoms with Crippen LogP contribution in [0.15, 0.2) is 18.2 Å². The molecule has 1 aromatic rings. The van der Waals surface area contributed by atoms with E-state index in [-0.39, 0.29) is 12.6 Å². The van der Waals surface area contributed by atoms with Gasteiger partial charge in [0.15, 0.2) is 0 Å². The van der Waals surface area contributed by atoms with Crippen molar-refractivity contribution in [3.05, 3.63) is 28.8 Å². The number of hydrogen-bond acceptors (Lipinski definition) is 3. The molecule has 4 heteroatoms. The fourth-order valence-electron chi connectivity index (χ4n) is 1.16. The van der Waals surface area contributed by atoms with Gasteiger partial charge < -0.3 is 15.6 Å². The molecule has 0 radical (unpaired) electrons. The summed E-state index contributed by atoms with van der Waals surface area (Å²) < 4.78 is 5.38. The summed E-state index contributed by atoms with van der Waals surface area (Å²) in [4.78, 5) is 0. The third kappa shape index (κ3) is 3.70. The Hall–Kier alpha value is -0.770. The maximum Gasteiger partial charge on any atom is 0.137 e. The fourth-order valence-corrected chi connectivity index (χ4v) is 1.41. The van der Waals surface area contributed by atoms with E-state index in [1.165, 1.54) is 0 Å². The monoisotopic (exact) mass is 229 g/mol. The molecule has 0 unspecified atom stereocenters. The average Bonchev–Trinajstić information content (AvgIpc) is 2.20. The van der Waals surface area contributed by atoms with Crippen molar-refractivity contribution in [2.24, 2.45) is 5.73 Å². The van der Waals surface area contributed by atoms with Crippen molar-refractivity contribution in [1.82, 2.24) is 0 Å². The van der Waals surface area contributed by atoms with Gasteiger partial charge in [-0.25, -0.2) is 0 Å². The summed E-state index contributed by atoms with van der Waals surface area (Å²) in [7, 11) is 0. The summed E-state index contributed by atoms with van der Waals surface area (Å²) in [5.41, 5.74) is 6.70. The molecule has 0 aliphatic carbocycles. The first kappa shape index (κ1) is 12.3. The van der Waals surface area contributed by atoms with Gasteiger partial charge in [0, 0.05) is 19.1 Å². The molecule has 0 aromatic heterocycles. The molecule has 3 N–H and O–H groups in total. The van der Waals surface area contributed by atoms with E-state index in [1.807, 2.05) is 13.0 Å². The van der Waals surface area contributed by atoms with Gasteiger partial charge in [0.2, 0.25) is 0 Å². The van der Waals surface area contributed by atoms with Gasteiger partial charge in [-0.05, 0) is 24.6 Å². The van der Waals surface area contributed by atoms with Crippen LogP contribution in [0.5, 0.6) is 5.75 Å². The molecule has 0 heterocycles. The summed E-state index contributed by atoms with van der Waals surface area (Å²) in [6.07, 6.45) is 0.603. The number of aliphatic hydroxyl groups excluding tert-OH is 1. The van der Waals surface area contributed by atoms with Crippen LogP contribution in [0.4, 0.5) is 0 Å². The van der Waals surface area contributed by atoms with Crippen LogP contribution >= 0.6 is 11.6 Å². The molecule has 0 bridgehead atoms. The SMILES string of the molecule is C[C@H](N)c1ccc(OCCCO)c(Cl)c1. The predicted octanol–water partition coefficient (Wildman–Crippen LogP) is 2.12. The normalized spacial score (nSPS) is 12.5. The zero-order chi connectivity index (χ0) is 11.3. The number of nitrogens with two attached hydrogens (primary N) is 1. The van der Waals surface area contributed by atoms with Crippen LogP contribution in [0.3, 0.4) is 0 Å². The Morgan fingerprint density at radius 3 is 2.80 bits per heavy atom. The molecule has 0 saturated carbocycles. The van der Waals surface area contributed by atoms with Crippen LogP contribution in [-0.4, -0.2) is 18.3 Å². The number of halogens is 1. The Balaban J connectivity index is 2.66. The first-order valence-electron chi connectivity index (χ1n) is 4.94. The van der Waals surface area contributed by atoms with E-state index in [9.17, 15) is 0 Å². The van der Waals surface area contributed by atoms with Gasteiger partial charge >= 0.3 is 0 Å². The second kappa shape index (κ2) is 5.95. The molecule has 1 aromatic carbocycles. The molecule has 0 aliphatic heterocycles. The zero-order valence-electron chi connectivity index (χ0n) is 8.74. The van der Waals surface area contributed by atoms with E-state index in [4.69, 9.17) is 27.2 Å². The van der Waals surface area contributed by atoms with E-state index in [0.29, 0.717) is 23.8 Å². The van der Waals surface area contributed by atoms with Crippen molar-refractivity contribution >= 4 is 11.6 Å². The molecule has 0 spiro atoms. The zero-order valence-corrected chi connectivity index (χ0v) is 9.50. The van der Waals surface area contributed by atoms with Crippen LogP contribution < -0.4 is 10.5 Å². The summed E-state index contributed by atoms with van der Waals surface area (Å²) in [6.45, 7) is 2.49. The highest BCUT2D eigenvalue weighted by molar-refractivity contribution is 6.32. The van der Waals surface area contributed by atoms with Gasteiger partial charge in [-0.1, -0.05) is 17.7 Å². The van der Waals surface area contributed by atoms with Crippen molar-refractivity contribution in [3.63, 3.8) is 0 Å². The molecule has 3 nitrogen and oxygen atoms in total. The van der Waals surface area contributed by atoms with Crippen LogP contribution in [0.1, 0.15) is 24.9 Å². The van der Waals surface area contributed by atoms with Gasteiger partial charge in [0.05, 0.1) is 11.6 Å². The first-order valence-corrected chi connectivity index (χ1v) is 5.31. The smallest absolute Gasteiger partial charge is 0.137 e. The van der Waals surface area contributed by atoms with Gasteiger partial charge in [0.1, 0.15) is 5.75 Å². The first-order chi connectivity index (χ1) is 7.15. The number of aliphatic hydroxyl groups is 1. The Bertz CT molecular complexity index is 315. The summed E-state index contributed by atoms with van der Waals surface area (Å²) in [5.74, 6) is 0.634. The molecule has 0 fully saturated rings. The van der Waals surface area contributed by atoms with Crippen molar-refractivity contribution in [2.75, 3.05) is 13.2 Å². The lowest BCUT2D eigenvalue weighted by Gasteiger charge is -2.10. The fraction of sp³-hybridized carbons (Fsp3) is 0.455. The standard InChI is InChI=1S/C11H16ClNO2/c1-8(13)9-3-4-11(10(12)7-9)15-6-2-5-14/h3-4,7-8,14H,2,5-6,13H2,1H3/t8-/m0/s1. The largest absolute Gasteiger partial charge is 0.492 e. The number of rotatable bonds is 5. The molecule has 0 amide bonds. The topological polar surface area (TPSA) is 55.5 Å². The maximum absolute atomic E-state index is 8.60. The molecular weight excluding hydrogens is 214 g/mol. The van der Waals surface area contributed by atoms with E-state index in [1.54, 1.807) is 12.1 Å². The highest BCUT2D eigenvalue weighted by atomic mass is 35.5. The average molecular weight is 230 g/mol. The Labute approximate surface area is 94.8 Å². The number of ether oxygens (including phenoxy) is 1. The number of hydrogen-bond donors (Lipinski definition) is 2. The third-order valence-corrected chi connectivity index (χ3v) is 2.34. The molecule has 15 heavy (non-hydrogen) atoms. The summed E-state index contributed by atoms with van der Waals surface area (Å²) >= 11 is 6.01. The van der Waals surface area contributed by atoms with Gasteiger partial charge in [-0.2, -0.15) is 0 Å². The van der Waals surface area contributed by atoms with Crippen LogP contribution in [0.25, 0.3) is 0 Å². The highest BCUT2D eigenvalue weighted by Crippen LogP contribution is 2.27. The summed E-state index contributed by atoms with van der Waals surface area (Å²) in [5, 5.41) is 9.16. The van der Waals surface area contributed by atoms with Crippen molar-refractivity contribution in [3.8, 4) is 5.75 Å². The Morgan fingerprint density at radius 2 is 2.27 bits per heavy atom. The van der Waals surface area contributed by atoms with Crippen LogP contribution in [0, 0.1) is 0 Å². The lowest BCUT2D eigenvalue weighted by Crippen LogP contribution is -2.05. The van der Waals surface area contributed by atoms with Crippen molar-refractivity contribution in [2.45, 2.75) is 19.4 Å². The molecule has 1 rings (SSSR count). The van der Waals surface area contributed by atoms with Crippen LogP contribution in [-0.2, 0) is 0 Å². The molecule has 1 atom stereocenters. The minimum absolute atomic E-state index is 0.0333. The Morgan fingerprint density at radius 1 is 1.53 bits per heavy atom. The minimum Gasteiger partial charge on any atom is -0.492 e. The quantitative estimate of drug-likeness (QED) is 0.761. The van der Waals surface area contributed by atoms with E-state index in [2.05, 4.69) is 0 Å². The summed E-state index contributed by atoms with van der Waals surface area (Å²) in [6, 6.07) is 5.47. The highest BCUT2D eigenvalue weighted by Gasteiger charge is 2.05. The van der Waals surface area contributed by atoms with Gasteiger partial charge in [-0.15, -0.1) is 0 Å². The van der Waals surface area contributed by atoms with Gasteiger partial charge in [0.25, 0.3) is 0 Å². The van der Waals surface area contributed by atoms with Crippen molar-refractivity contribution in [1.29, 1.82) is 0 Å². The predicted molar refractivity (Wildman–Crippen MR) is 61.3 cm³/mol. The van der Waals surface area contributed by atoms with Crippen LogP contribution in [0.2, 0.25) is 5.02 Å². The molecule has 0 aliphatic rings. The lowest BCUT2D eigenvalue weighted by atomic mass is 10.1. The molecule has 0 saturated heterocycles. The van der Waals surface area contributed by atoms with E-state index in [0.717, 1.165) is 5.56 Å². The minimum atomic E-state index is -0.0333. The molecular formula is C11H16ClNO2. The second-order valence-corrected chi connectivity index (χ2v) is 3.81. The maximum atomic E-state index is 8.60. The van der Waals surface area contributed by atoms with E-state index >= 15 is 0 Å². The second-order valence-electron chi connectivity index (χ2n) is 3.40. The lowest BCUT2D eigenvalue weighted by molar-refractivity contribution is 0.233. The van der Waals surface area contributed by atoms with E-state index < -0.39 is 0 Å². The number of benzene rings is 1. The van der Waals surface area contributed by atoms with Gasteiger partial charge in [-0.3, -0.25) is 0 Å². The Kier molecular flexibility index (Phi) is 4.88. The third-order valence-electron chi connectivity index (χ3n) is 2.04.